The normalized spacial score (nSPS) is 15.4. The Balaban J connectivity index is 1.69. The maximum Gasteiger partial charge on any atom is 0.225 e. The van der Waals surface area contributed by atoms with Crippen molar-refractivity contribution in [2.75, 3.05) is 11.9 Å². The number of hydrogen-bond acceptors (Lipinski definition) is 5. The van der Waals surface area contributed by atoms with Gasteiger partial charge in [-0.15, -0.1) is 11.3 Å². The molecule has 1 heterocycles. The van der Waals surface area contributed by atoms with E-state index in [1.165, 1.54) is 11.3 Å². The number of amides is 1. The number of carbonyl (C=O) groups is 1. The molecule has 0 radical (unpaired) electrons. The fourth-order valence-corrected chi connectivity index (χ4v) is 4.92. The Morgan fingerprint density at radius 1 is 1.36 bits per heavy atom. The molecule has 0 fully saturated rings. The molecule has 1 N–H and O–H groups in total. The van der Waals surface area contributed by atoms with Crippen molar-refractivity contribution in [3.05, 3.63) is 50.3 Å². The second kappa shape index (κ2) is 9.31. The molecule has 1 unspecified atom stereocenters. The Labute approximate surface area is 175 Å². The minimum absolute atomic E-state index is 0.0971. The van der Waals surface area contributed by atoms with E-state index < -0.39 is 0 Å². The van der Waals surface area contributed by atoms with E-state index in [4.69, 9.17) is 17.0 Å². The lowest BCUT2D eigenvalue weighted by Crippen LogP contribution is -2.17. The predicted molar refractivity (Wildman–Crippen MR) is 116 cm³/mol. The summed E-state index contributed by atoms with van der Waals surface area (Å²) in [5.41, 5.74) is 3.83. The van der Waals surface area contributed by atoms with Gasteiger partial charge in [-0.25, -0.2) is 0 Å². The molecule has 146 valence electrons. The van der Waals surface area contributed by atoms with Crippen LogP contribution in [0.25, 0.3) is 0 Å². The number of benzene rings is 1. The number of hydrogen-bond donors (Lipinski definition) is 1. The average Bonchev–Trinajstić information content (AvgIpc) is 2.68. The third-order valence-electron chi connectivity index (χ3n) is 5.01. The molecule has 28 heavy (non-hydrogen) atoms. The predicted octanol–water partition coefficient (Wildman–Crippen LogP) is 5.44. The topological polar surface area (TPSA) is 62.1 Å². The number of carbonyl (C=O) groups excluding carboxylic acids is 1. The summed E-state index contributed by atoms with van der Waals surface area (Å²) in [5.74, 6) is 1.32. The van der Waals surface area contributed by atoms with E-state index in [0.717, 1.165) is 45.5 Å². The summed E-state index contributed by atoms with van der Waals surface area (Å²) in [6.45, 7) is 4.80. The standard InChI is InChI=1S/C22H24N2O2S2/c1-3-26-16-8-5-15(6-9-16)7-11-20(25)24-21-19(13-23)17-10-4-14(2)12-18(17)22(27)28-21/h5-6,8-9,14H,3-4,7,10-12H2,1-2H3,(H,24,25). The summed E-state index contributed by atoms with van der Waals surface area (Å²) < 4.78 is 6.23. The Bertz CT molecular complexity index is 958. The highest BCUT2D eigenvalue weighted by Crippen LogP contribution is 2.36. The molecule has 0 bridgehead atoms. The van der Waals surface area contributed by atoms with Crippen LogP contribution in [0, 0.1) is 21.1 Å². The van der Waals surface area contributed by atoms with Crippen LogP contribution in [0.2, 0.25) is 0 Å². The third-order valence-corrected chi connectivity index (χ3v) is 6.45. The fraction of sp³-hybridized carbons (Fsp3) is 0.409. The maximum absolute atomic E-state index is 12.5. The molecule has 2 aromatic rings. The van der Waals surface area contributed by atoms with Crippen molar-refractivity contribution in [2.45, 2.75) is 46.0 Å². The Morgan fingerprint density at radius 3 is 2.79 bits per heavy atom. The summed E-state index contributed by atoms with van der Waals surface area (Å²) in [6.07, 6.45) is 3.81. The van der Waals surface area contributed by atoms with Crippen LogP contribution in [-0.2, 0) is 24.1 Å². The third kappa shape index (κ3) is 4.78. The number of anilines is 1. The lowest BCUT2D eigenvalue weighted by Gasteiger charge is -2.23. The zero-order chi connectivity index (χ0) is 20.1. The van der Waals surface area contributed by atoms with Gasteiger partial charge < -0.3 is 10.1 Å². The first-order valence-corrected chi connectivity index (χ1v) is 10.8. The molecule has 1 amide bonds. The van der Waals surface area contributed by atoms with Crippen LogP contribution in [0.4, 0.5) is 5.00 Å². The number of ether oxygens (including phenoxy) is 1. The summed E-state index contributed by atoms with van der Waals surface area (Å²) in [7, 11) is 0. The molecule has 3 rings (SSSR count). The molecule has 1 aromatic heterocycles. The number of nitrogens with zero attached hydrogens (tertiary/aromatic N) is 1. The van der Waals surface area contributed by atoms with Crippen LogP contribution in [0.3, 0.4) is 0 Å². The monoisotopic (exact) mass is 412 g/mol. The van der Waals surface area contributed by atoms with Crippen molar-refractivity contribution in [1.82, 2.24) is 0 Å². The first-order valence-electron chi connectivity index (χ1n) is 9.62. The molecule has 1 atom stereocenters. The summed E-state index contributed by atoms with van der Waals surface area (Å²) in [5, 5.41) is 13.2. The lowest BCUT2D eigenvalue weighted by atomic mass is 9.85. The Hall–Kier alpha value is -2.23. The summed E-state index contributed by atoms with van der Waals surface area (Å²) in [6, 6.07) is 10.1. The van der Waals surface area contributed by atoms with Crippen molar-refractivity contribution < 1.29 is 9.53 Å². The van der Waals surface area contributed by atoms with Gasteiger partial charge in [-0.3, -0.25) is 4.79 Å². The van der Waals surface area contributed by atoms with Crippen LogP contribution in [0.15, 0.2) is 24.3 Å². The average molecular weight is 413 g/mol. The quantitative estimate of drug-likeness (QED) is 0.641. The van der Waals surface area contributed by atoms with E-state index in [9.17, 15) is 10.1 Å². The van der Waals surface area contributed by atoms with Gasteiger partial charge in [0.25, 0.3) is 0 Å². The number of nitrogens with one attached hydrogen (secondary N) is 1. The molecule has 0 saturated heterocycles. The van der Waals surface area contributed by atoms with Crippen LogP contribution < -0.4 is 10.1 Å². The molecule has 0 spiro atoms. The zero-order valence-corrected chi connectivity index (χ0v) is 17.8. The number of fused-ring (bicyclic) bond motifs is 1. The lowest BCUT2D eigenvalue weighted by molar-refractivity contribution is -0.116. The minimum atomic E-state index is -0.0971. The second-order valence-corrected chi connectivity index (χ2v) is 8.82. The van der Waals surface area contributed by atoms with Crippen LogP contribution >= 0.6 is 23.6 Å². The van der Waals surface area contributed by atoms with Gasteiger partial charge in [-0.2, -0.15) is 5.26 Å². The van der Waals surface area contributed by atoms with Crippen molar-refractivity contribution in [2.24, 2.45) is 5.92 Å². The molecule has 0 saturated carbocycles. The first kappa shape index (κ1) is 20.5. The smallest absolute Gasteiger partial charge is 0.225 e. The van der Waals surface area contributed by atoms with Crippen molar-refractivity contribution in [1.29, 1.82) is 5.26 Å². The van der Waals surface area contributed by atoms with Crippen LogP contribution in [0.5, 0.6) is 5.75 Å². The zero-order valence-electron chi connectivity index (χ0n) is 16.2. The van der Waals surface area contributed by atoms with E-state index in [0.29, 0.717) is 35.9 Å². The van der Waals surface area contributed by atoms with E-state index in [1.807, 2.05) is 31.2 Å². The number of aryl methyl sites for hydroxylation is 1. The van der Waals surface area contributed by atoms with Gasteiger partial charge in [0.1, 0.15) is 16.8 Å². The van der Waals surface area contributed by atoms with E-state index >= 15 is 0 Å². The number of nitriles is 1. The van der Waals surface area contributed by atoms with Crippen LogP contribution in [0.1, 0.15) is 48.9 Å². The summed E-state index contributed by atoms with van der Waals surface area (Å²) in [4.78, 5) is 12.5. The van der Waals surface area contributed by atoms with Crippen molar-refractivity contribution in [3.8, 4) is 11.8 Å². The molecular formula is C22H24N2O2S2. The molecule has 1 aromatic carbocycles. The molecule has 1 aliphatic carbocycles. The van der Waals surface area contributed by atoms with Gasteiger partial charge in [0.2, 0.25) is 5.91 Å². The second-order valence-electron chi connectivity index (χ2n) is 7.14. The molecule has 4 nitrogen and oxygen atoms in total. The van der Waals surface area contributed by atoms with E-state index in [2.05, 4.69) is 18.3 Å². The first-order chi connectivity index (χ1) is 13.5. The van der Waals surface area contributed by atoms with Gasteiger partial charge >= 0.3 is 0 Å². The van der Waals surface area contributed by atoms with Crippen LogP contribution in [-0.4, -0.2) is 12.5 Å². The largest absolute Gasteiger partial charge is 0.494 e. The highest BCUT2D eigenvalue weighted by molar-refractivity contribution is 7.73. The molecule has 6 heteroatoms. The minimum Gasteiger partial charge on any atom is -0.494 e. The highest BCUT2D eigenvalue weighted by Gasteiger charge is 2.23. The van der Waals surface area contributed by atoms with Gasteiger partial charge in [0, 0.05) is 6.42 Å². The van der Waals surface area contributed by atoms with E-state index in [1.54, 1.807) is 0 Å². The molecule has 1 aliphatic rings. The Morgan fingerprint density at radius 2 is 2.11 bits per heavy atom. The maximum atomic E-state index is 12.5. The summed E-state index contributed by atoms with van der Waals surface area (Å²) >= 11 is 6.91. The van der Waals surface area contributed by atoms with Gasteiger partial charge in [-0.05, 0) is 67.3 Å². The molecular weight excluding hydrogens is 388 g/mol. The SMILES string of the molecule is CCOc1ccc(CCC(=O)Nc2sc(=S)c3c(c2C#N)CCC(C)C3)cc1. The van der Waals surface area contributed by atoms with E-state index in [-0.39, 0.29) is 5.91 Å². The Kier molecular flexibility index (Phi) is 6.82. The van der Waals surface area contributed by atoms with Gasteiger partial charge in [0.15, 0.2) is 0 Å². The highest BCUT2D eigenvalue weighted by atomic mass is 32.1. The molecule has 0 aliphatic heterocycles. The fourth-order valence-electron chi connectivity index (χ4n) is 3.51. The van der Waals surface area contributed by atoms with Crippen molar-refractivity contribution in [3.63, 3.8) is 0 Å². The van der Waals surface area contributed by atoms with Gasteiger partial charge in [0.05, 0.1) is 16.0 Å². The van der Waals surface area contributed by atoms with Crippen molar-refractivity contribution >= 4 is 34.5 Å². The van der Waals surface area contributed by atoms with Gasteiger partial charge in [-0.1, -0.05) is 31.3 Å². The number of rotatable bonds is 6.